The van der Waals surface area contributed by atoms with Crippen molar-refractivity contribution in [2.45, 2.75) is 31.3 Å². The van der Waals surface area contributed by atoms with Crippen molar-refractivity contribution >= 4 is 40.1 Å². The third-order valence-corrected chi connectivity index (χ3v) is 6.74. The Labute approximate surface area is 204 Å². The number of fused-ring (bicyclic) bond motifs is 1. The summed E-state index contributed by atoms with van der Waals surface area (Å²) in [5.41, 5.74) is 0.178. The predicted molar refractivity (Wildman–Crippen MR) is 127 cm³/mol. The zero-order chi connectivity index (χ0) is 24.5. The molecule has 0 radical (unpaired) electrons. The molecule has 2 fully saturated rings. The number of imidazole rings is 1. The van der Waals surface area contributed by atoms with Crippen LogP contribution in [0.4, 0.5) is 24.8 Å². The Morgan fingerprint density at radius 2 is 2.00 bits per heavy atom. The Kier molecular flexibility index (Phi) is 6.72. The summed E-state index contributed by atoms with van der Waals surface area (Å²) in [4.78, 5) is 9.66. The standard InChI is InChI=1S/C23H24ClF3N6O2/c24-14-9-12(3-4-15(14)25)28-22(32-34)13-10-16(26)19(27)21-20(13)30-23(31-21)29-17-11-35-8-5-18(17)33-6-1-2-7-33/h3-4,9-10,17-18,34H,1-2,5-8,11H2,(H,28,32)(H2,29,30,31). The largest absolute Gasteiger partial charge is 0.409 e. The number of benzene rings is 2. The Bertz CT molecular complexity index is 1260. The molecule has 1 aromatic heterocycles. The van der Waals surface area contributed by atoms with Gasteiger partial charge in [-0.15, -0.1) is 0 Å². The second-order valence-corrected chi connectivity index (χ2v) is 9.06. The summed E-state index contributed by atoms with van der Waals surface area (Å²) in [7, 11) is 0. The number of nitrogens with zero attached hydrogens (tertiary/aromatic N) is 3. The van der Waals surface area contributed by atoms with Crippen LogP contribution < -0.4 is 10.6 Å². The van der Waals surface area contributed by atoms with E-state index < -0.39 is 17.5 Å². The van der Waals surface area contributed by atoms with E-state index in [0.29, 0.717) is 13.2 Å². The van der Waals surface area contributed by atoms with Gasteiger partial charge in [0.15, 0.2) is 17.5 Å². The van der Waals surface area contributed by atoms with Crippen LogP contribution in [0.3, 0.4) is 0 Å². The van der Waals surface area contributed by atoms with Gasteiger partial charge in [-0.1, -0.05) is 16.8 Å². The van der Waals surface area contributed by atoms with Crippen molar-refractivity contribution in [3.05, 3.63) is 52.3 Å². The topological polar surface area (TPSA) is 97.8 Å². The first-order valence-corrected chi connectivity index (χ1v) is 11.7. The van der Waals surface area contributed by atoms with Crippen LogP contribution in [0, 0.1) is 17.5 Å². The maximum atomic E-state index is 14.7. The number of aromatic nitrogens is 2. The van der Waals surface area contributed by atoms with Crippen molar-refractivity contribution in [1.82, 2.24) is 14.9 Å². The number of ether oxygens (including phenoxy) is 1. The molecule has 2 aromatic carbocycles. The molecule has 2 aliphatic rings. The van der Waals surface area contributed by atoms with Crippen LogP contribution in [0.25, 0.3) is 11.0 Å². The molecule has 8 nitrogen and oxygen atoms in total. The number of oxime groups is 1. The molecule has 3 aromatic rings. The van der Waals surface area contributed by atoms with Crippen molar-refractivity contribution < 1.29 is 23.1 Å². The fourth-order valence-corrected chi connectivity index (χ4v) is 4.95. The summed E-state index contributed by atoms with van der Waals surface area (Å²) in [6.07, 6.45) is 3.16. The first-order valence-electron chi connectivity index (χ1n) is 11.3. The van der Waals surface area contributed by atoms with Gasteiger partial charge in [0.05, 0.1) is 23.2 Å². The quantitative estimate of drug-likeness (QED) is 0.175. The van der Waals surface area contributed by atoms with Crippen LogP contribution in [0.2, 0.25) is 5.02 Å². The second-order valence-electron chi connectivity index (χ2n) is 8.66. The highest BCUT2D eigenvalue weighted by Gasteiger charge is 2.33. The third-order valence-electron chi connectivity index (χ3n) is 6.45. The third kappa shape index (κ3) is 4.75. The molecule has 2 atom stereocenters. The van der Waals surface area contributed by atoms with Gasteiger partial charge in [-0.2, -0.15) is 0 Å². The number of anilines is 2. The van der Waals surface area contributed by atoms with Gasteiger partial charge in [-0.05, 0) is 56.6 Å². The zero-order valence-corrected chi connectivity index (χ0v) is 19.4. The van der Waals surface area contributed by atoms with Crippen LogP contribution in [-0.4, -0.2) is 64.3 Å². The number of hydrogen-bond acceptors (Lipinski definition) is 6. The average Bonchev–Trinajstić information content (AvgIpc) is 3.53. The maximum absolute atomic E-state index is 14.7. The highest BCUT2D eigenvalue weighted by Crippen LogP contribution is 2.28. The number of halogens is 4. The Balaban J connectivity index is 1.47. The van der Waals surface area contributed by atoms with E-state index in [1.807, 2.05) is 0 Å². The minimum atomic E-state index is -1.17. The van der Waals surface area contributed by atoms with Crippen molar-refractivity contribution in [1.29, 1.82) is 0 Å². The molecule has 12 heteroatoms. The van der Waals surface area contributed by atoms with E-state index in [1.165, 1.54) is 12.1 Å². The van der Waals surface area contributed by atoms with Gasteiger partial charge < -0.3 is 25.6 Å². The summed E-state index contributed by atoms with van der Waals surface area (Å²) < 4.78 is 48.3. The molecule has 2 aliphatic heterocycles. The number of nitrogens with one attached hydrogen (secondary N) is 3. The number of hydrogen-bond donors (Lipinski definition) is 4. The molecule has 5 rings (SSSR count). The van der Waals surface area contributed by atoms with E-state index in [4.69, 9.17) is 16.3 Å². The van der Waals surface area contributed by atoms with Crippen LogP contribution in [-0.2, 0) is 4.74 Å². The lowest BCUT2D eigenvalue weighted by Gasteiger charge is -2.38. The van der Waals surface area contributed by atoms with Gasteiger partial charge >= 0.3 is 0 Å². The van der Waals surface area contributed by atoms with Gasteiger partial charge in [0, 0.05) is 23.9 Å². The normalized spacial score (nSPS) is 21.5. The van der Waals surface area contributed by atoms with E-state index in [0.717, 1.165) is 44.5 Å². The highest BCUT2D eigenvalue weighted by atomic mass is 35.5. The first kappa shape index (κ1) is 23.7. The van der Waals surface area contributed by atoms with Crippen LogP contribution in [0.5, 0.6) is 0 Å². The van der Waals surface area contributed by atoms with Crippen molar-refractivity contribution in [2.24, 2.45) is 5.16 Å². The molecule has 186 valence electrons. The highest BCUT2D eigenvalue weighted by molar-refractivity contribution is 6.31. The van der Waals surface area contributed by atoms with Crippen LogP contribution in [0.15, 0.2) is 29.4 Å². The van der Waals surface area contributed by atoms with E-state index in [9.17, 15) is 18.4 Å². The molecular formula is C23H24ClF3N6O2. The van der Waals surface area contributed by atoms with Crippen molar-refractivity contribution in [3.63, 3.8) is 0 Å². The summed E-state index contributed by atoms with van der Waals surface area (Å²) in [5.74, 6) is -2.89. The Morgan fingerprint density at radius 3 is 2.74 bits per heavy atom. The van der Waals surface area contributed by atoms with Crippen molar-refractivity contribution in [3.8, 4) is 0 Å². The summed E-state index contributed by atoms with van der Waals surface area (Å²) in [6, 6.07) is 4.81. The van der Waals surface area contributed by atoms with Crippen LogP contribution >= 0.6 is 11.6 Å². The lowest BCUT2D eigenvalue weighted by molar-refractivity contribution is 0.0316. The number of aromatic amines is 1. The van der Waals surface area contributed by atoms with Crippen LogP contribution in [0.1, 0.15) is 24.8 Å². The molecule has 0 amide bonds. The number of likely N-dealkylation sites (tertiary alicyclic amines) is 1. The summed E-state index contributed by atoms with van der Waals surface area (Å²) in [6.45, 7) is 3.15. The SMILES string of the molecule is O/N=C(\Nc1ccc(F)c(Cl)c1)c1cc(F)c(F)c2nc(NC3COCCC3N3CCCC3)[nH]c12. The summed E-state index contributed by atoms with van der Waals surface area (Å²) in [5, 5.41) is 18.7. The van der Waals surface area contributed by atoms with E-state index in [1.54, 1.807) is 0 Å². The second kappa shape index (κ2) is 9.92. The fourth-order valence-electron chi connectivity index (χ4n) is 4.76. The molecule has 4 N–H and O–H groups in total. The zero-order valence-electron chi connectivity index (χ0n) is 18.6. The average molecular weight is 509 g/mol. The van der Waals surface area contributed by atoms with Gasteiger partial charge in [0.2, 0.25) is 5.95 Å². The molecular weight excluding hydrogens is 485 g/mol. The monoisotopic (exact) mass is 508 g/mol. The van der Waals surface area contributed by atoms with Crippen molar-refractivity contribution in [2.75, 3.05) is 36.9 Å². The molecule has 2 unspecified atom stereocenters. The predicted octanol–water partition coefficient (Wildman–Crippen LogP) is 4.55. The molecule has 35 heavy (non-hydrogen) atoms. The molecule has 3 heterocycles. The smallest absolute Gasteiger partial charge is 0.201 e. The summed E-state index contributed by atoms with van der Waals surface area (Å²) >= 11 is 5.82. The Hall–Kier alpha value is -3.02. The minimum absolute atomic E-state index is 0.0263. The molecule has 0 spiro atoms. The Morgan fingerprint density at radius 1 is 1.20 bits per heavy atom. The lowest BCUT2D eigenvalue weighted by Crippen LogP contribution is -2.51. The van der Waals surface area contributed by atoms with E-state index >= 15 is 0 Å². The minimum Gasteiger partial charge on any atom is -0.409 e. The van der Waals surface area contributed by atoms with Gasteiger partial charge in [-0.3, -0.25) is 4.90 Å². The molecule has 0 aliphatic carbocycles. The lowest BCUT2D eigenvalue weighted by atomic mass is 10.0. The number of amidine groups is 1. The number of rotatable bonds is 5. The van der Waals surface area contributed by atoms with Gasteiger partial charge in [0.1, 0.15) is 11.3 Å². The molecule has 0 bridgehead atoms. The van der Waals surface area contributed by atoms with E-state index in [2.05, 4.69) is 30.7 Å². The number of H-pyrrole nitrogens is 1. The first-order chi connectivity index (χ1) is 16.9. The molecule has 0 saturated carbocycles. The van der Waals surface area contributed by atoms with Gasteiger partial charge in [-0.25, -0.2) is 18.2 Å². The molecule has 2 saturated heterocycles. The fraction of sp³-hybridized carbons (Fsp3) is 0.391. The van der Waals surface area contributed by atoms with E-state index in [-0.39, 0.29) is 51.2 Å². The maximum Gasteiger partial charge on any atom is 0.201 e. The van der Waals surface area contributed by atoms with Gasteiger partial charge in [0.25, 0.3) is 0 Å².